The van der Waals surface area contributed by atoms with Gasteiger partial charge >= 0.3 is 5.97 Å². The first-order chi connectivity index (χ1) is 16.2. The lowest BCUT2D eigenvalue weighted by Gasteiger charge is -2.35. The number of ketones is 1. The van der Waals surface area contributed by atoms with Crippen molar-refractivity contribution >= 4 is 17.7 Å². The van der Waals surface area contributed by atoms with E-state index in [1.165, 1.54) is 4.90 Å². The zero-order valence-corrected chi connectivity index (χ0v) is 21.1. The van der Waals surface area contributed by atoms with Gasteiger partial charge in [-0.3, -0.25) is 9.59 Å². The largest absolute Gasteiger partial charge is 0.493 e. The number of fused-ring (bicyclic) bond motifs is 2. The Labute approximate surface area is 201 Å². The number of piperidine rings is 1. The van der Waals surface area contributed by atoms with Crippen LogP contribution in [0.2, 0.25) is 0 Å². The van der Waals surface area contributed by atoms with Gasteiger partial charge in [0.25, 0.3) is 5.91 Å². The van der Waals surface area contributed by atoms with Crippen molar-refractivity contribution in [2.75, 3.05) is 27.9 Å². The van der Waals surface area contributed by atoms with Gasteiger partial charge in [0.2, 0.25) is 11.5 Å². The van der Waals surface area contributed by atoms with Crippen LogP contribution < -0.4 is 14.2 Å². The summed E-state index contributed by atoms with van der Waals surface area (Å²) in [5, 5.41) is 0. The van der Waals surface area contributed by atoms with Gasteiger partial charge in [-0.05, 0) is 62.1 Å². The Morgan fingerprint density at radius 1 is 1.03 bits per heavy atom. The molecule has 2 fully saturated rings. The van der Waals surface area contributed by atoms with Crippen LogP contribution in [0.5, 0.6) is 17.2 Å². The maximum absolute atomic E-state index is 13.1. The quantitative estimate of drug-likeness (QED) is 0.274. The molecule has 3 unspecified atom stereocenters. The minimum atomic E-state index is -0.742. The van der Waals surface area contributed by atoms with Gasteiger partial charge in [-0.1, -0.05) is 20.8 Å². The summed E-state index contributed by atoms with van der Waals surface area (Å²) in [4.78, 5) is 40.4. The maximum atomic E-state index is 13.1. The van der Waals surface area contributed by atoms with Crippen molar-refractivity contribution in [1.82, 2.24) is 4.90 Å². The molecule has 1 aromatic carbocycles. The maximum Gasteiger partial charge on any atom is 0.329 e. The second-order valence-corrected chi connectivity index (χ2v) is 9.76. The number of nitrogens with zero attached hydrogens (tertiary/aromatic N) is 1. The van der Waals surface area contributed by atoms with Crippen molar-refractivity contribution in [2.45, 2.75) is 71.4 Å². The molecule has 1 saturated carbocycles. The molecule has 2 aliphatic rings. The summed E-state index contributed by atoms with van der Waals surface area (Å²) < 4.78 is 21.7. The fourth-order valence-electron chi connectivity index (χ4n) is 4.96. The van der Waals surface area contributed by atoms with E-state index in [2.05, 4.69) is 0 Å². The first-order valence-electron chi connectivity index (χ1n) is 12.0. The molecule has 8 heteroatoms. The second kappa shape index (κ2) is 10.7. The normalized spacial score (nSPS) is 21.4. The fourth-order valence-corrected chi connectivity index (χ4v) is 4.96. The molecule has 0 radical (unpaired) electrons. The van der Waals surface area contributed by atoms with Crippen molar-refractivity contribution in [3.05, 3.63) is 17.7 Å². The van der Waals surface area contributed by atoms with Crippen LogP contribution in [0.1, 0.15) is 58.4 Å². The van der Waals surface area contributed by atoms with Crippen molar-refractivity contribution in [1.29, 1.82) is 0 Å². The zero-order valence-electron chi connectivity index (χ0n) is 21.1. The average Bonchev–Trinajstić information content (AvgIpc) is 3.46. The van der Waals surface area contributed by atoms with Gasteiger partial charge in [0.1, 0.15) is 6.04 Å². The number of ether oxygens (including phenoxy) is 4. The minimum absolute atomic E-state index is 0.0501. The highest BCUT2D eigenvalue weighted by Gasteiger charge is 2.54. The van der Waals surface area contributed by atoms with E-state index in [1.54, 1.807) is 35.2 Å². The van der Waals surface area contributed by atoms with Gasteiger partial charge in [0, 0.05) is 11.5 Å². The molecule has 34 heavy (non-hydrogen) atoms. The number of esters is 1. The highest BCUT2D eigenvalue weighted by molar-refractivity contribution is 6.38. The number of likely N-dealkylation sites (tertiary alicyclic amines) is 1. The third-order valence-corrected chi connectivity index (χ3v) is 7.33. The van der Waals surface area contributed by atoms with E-state index in [4.69, 9.17) is 18.9 Å². The van der Waals surface area contributed by atoms with Crippen molar-refractivity contribution < 1.29 is 33.3 Å². The van der Waals surface area contributed by atoms with E-state index >= 15 is 0 Å². The summed E-state index contributed by atoms with van der Waals surface area (Å²) in [6, 6.07) is 3.04. The van der Waals surface area contributed by atoms with Gasteiger partial charge in [-0.2, -0.15) is 0 Å². The summed E-state index contributed by atoms with van der Waals surface area (Å²) in [5.74, 6) is 0.360. The van der Waals surface area contributed by atoms with E-state index in [-0.39, 0.29) is 18.6 Å². The van der Waals surface area contributed by atoms with Crippen molar-refractivity contribution in [3.8, 4) is 17.2 Å². The number of rotatable bonds is 11. The van der Waals surface area contributed by atoms with Crippen LogP contribution in [-0.2, 0) is 25.5 Å². The molecule has 1 aliphatic carbocycles. The summed E-state index contributed by atoms with van der Waals surface area (Å²) in [6.07, 6.45) is 4.28. The highest BCUT2D eigenvalue weighted by atomic mass is 16.5. The van der Waals surface area contributed by atoms with E-state index in [1.807, 2.05) is 19.1 Å². The van der Waals surface area contributed by atoms with Crippen LogP contribution in [-0.4, -0.2) is 62.6 Å². The predicted octanol–water partition coefficient (Wildman–Crippen LogP) is 3.57. The van der Waals surface area contributed by atoms with Gasteiger partial charge < -0.3 is 23.8 Å². The predicted molar refractivity (Wildman–Crippen MR) is 126 cm³/mol. The lowest BCUT2D eigenvalue weighted by atomic mass is 9.84. The van der Waals surface area contributed by atoms with Crippen LogP contribution in [0.15, 0.2) is 12.1 Å². The van der Waals surface area contributed by atoms with Gasteiger partial charge in [0.05, 0.1) is 27.9 Å². The molecule has 188 valence electrons. The highest BCUT2D eigenvalue weighted by Crippen LogP contribution is 2.44. The van der Waals surface area contributed by atoms with Gasteiger partial charge in [0.15, 0.2) is 11.5 Å². The molecule has 1 heterocycles. The number of Topliss-reactive ketones (excluding diaryl/α,β-unsaturated/α-hetero) is 1. The SMILES string of the molecule is CCC(C)(C)C(=O)C(=O)N1C2CCC(C2)C1C(=O)OCCCc1cc(OC)c(OC)c(OC)c1. The molecule has 0 spiro atoms. The lowest BCUT2D eigenvalue weighted by molar-refractivity contribution is -0.161. The van der Waals surface area contributed by atoms with Gasteiger partial charge in [-0.25, -0.2) is 4.79 Å². The zero-order chi connectivity index (χ0) is 25.0. The smallest absolute Gasteiger partial charge is 0.329 e. The molecule has 3 atom stereocenters. The Bertz CT molecular complexity index is 901. The Morgan fingerprint density at radius 3 is 2.24 bits per heavy atom. The average molecular weight is 476 g/mol. The Balaban J connectivity index is 1.61. The molecule has 8 nitrogen and oxygen atoms in total. The monoisotopic (exact) mass is 475 g/mol. The second-order valence-electron chi connectivity index (χ2n) is 9.76. The number of methoxy groups -OCH3 is 3. The number of hydrogen-bond acceptors (Lipinski definition) is 7. The Kier molecular flexibility index (Phi) is 8.10. The lowest BCUT2D eigenvalue weighted by Crippen LogP contribution is -2.54. The number of benzene rings is 1. The molecule has 0 aromatic heterocycles. The number of hydrogen-bond donors (Lipinski definition) is 0. The Morgan fingerprint density at radius 2 is 1.68 bits per heavy atom. The summed E-state index contributed by atoms with van der Waals surface area (Å²) in [6.45, 7) is 5.66. The number of carbonyl (C=O) groups excluding carboxylic acids is 3. The summed E-state index contributed by atoms with van der Waals surface area (Å²) >= 11 is 0. The minimum Gasteiger partial charge on any atom is -0.493 e. The van der Waals surface area contributed by atoms with Crippen molar-refractivity contribution in [2.24, 2.45) is 11.3 Å². The molecule has 1 saturated heterocycles. The third kappa shape index (κ3) is 5.00. The number of carbonyl (C=O) groups is 3. The van der Waals surface area contributed by atoms with E-state index in [0.717, 1.165) is 24.8 Å². The summed E-state index contributed by atoms with van der Waals surface area (Å²) in [5.41, 5.74) is 0.225. The van der Waals surface area contributed by atoms with Gasteiger partial charge in [-0.15, -0.1) is 0 Å². The number of amides is 1. The molecule has 2 bridgehead atoms. The molecule has 1 aliphatic heterocycles. The molecule has 1 amide bonds. The molecule has 0 N–H and O–H groups in total. The van der Waals surface area contributed by atoms with Crippen LogP contribution >= 0.6 is 0 Å². The Hall–Kier alpha value is -2.77. The van der Waals surface area contributed by atoms with Crippen LogP contribution in [0, 0.1) is 11.3 Å². The van der Waals surface area contributed by atoms with E-state index in [9.17, 15) is 14.4 Å². The van der Waals surface area contributed by atoms with Crippen LogP contribution in [0.3, 0.4) is 0 Å². The molecular formula is C26H37NO7. The topological polar surface area (TPSA) is 91.4 Å². The van der Waals surface area contributed by atoms with E-state index in [0.29, 0.717) is 36.5 Å². The first-order valence-corrected chi connectivity index (χ1v) is 12.0. The standard InChI is InChI=1S/C26H37NO7/c1-7-26(2,3)23(28)24(29)27-18-11-10-17(15-18)21(27)25(30)34-12-8-9-16-13-19(31-4)22(33-6)20(14-16)32-5/h13-14,17-18,21H,7-12,15H2,1-6H3. The molecule has 1 aromatic rings. The third-order valence-electron chi connectivity index (χ3n) is 7.33. The first kappa shape index (κ1) is 25.8. The van der Waals surface area contributed by atoms with Crippen LogP contribution in [0.4, 0.5) is 0 Å². The van der Waals surface area contributed by atoms with Crippen LogP contribution in [0.25, 0.3) is 0 Å². The summed E-state index contributed by atoms with van der Waals surface area (Å²) in [7, 11) is 4.69. The van der Waals surface area contributed by atoms with E-state index < -0.39 is 29.1 Å². The van der Waals surface area contributed by atoms with Crippen molar-refractivity contribution in [3.63, 3.8) is 0 Å². The number of aryl methyl sites for hydroxylation is 1. The molecular weight excluding hydrogens is 438 g/mol. The fraction of sp³-hybridized carbons (Fsp3) is 0.654. The molecule has 3 rings (SSSR count).